The molecule has 0 spiro atoms. The predicted molar refractivity (Wildman–Crippen MR) is 204 cm³/mol. The first-order chi connectivity index (χ1) is 23.3. The fraction of sp³-hybridized carbons (Fsp3) is 0.0476. The summed E-state index contributed by atoms with van der Waals surface area (Å²) in [6.45, 7) is 7.98. The first-order valence-corrected chi connectivity index (χ1v) is 16.9. The Balaban J connectivity index is 0.00000149. The van der Waals surface area contributed by atoms with Gasteiger partial charge < -0.3 is 18.5 Å². The third-order valence-electron chi connectivity index (χ3n) is 9.17. The molecule has 0 fully saturated rings. The Hall–Kier alpha value is -5.78. The number of nitrogens with zero attached hydrogens (tertiary/aromatic N) is 2. The predicted octanol–water partition coefficient (Wildman–Crippen LogP) is 12.6. The van der Waals surface area contributed by atoms with Crippen molar-refractivity contribution in [1.82, 2.24) is 14.1 Å². The Labute approximate surface area is 275 Å². The Morgan fingerprint density at radius 3 is 2.04 bits per heavy atom. The highest BCUT2D eigenvalue weighted by atomic mass is 32.1. The van der Waals surface area contributed by atoms with E-state index in [4.69, 9.17) is 4.42 Å². The fourth-order valence-corrected chi connectivity index (χ4v) is 8.67. The van der Waals surface area contributed by atoms with Crippen molar-refractivity contribution in [3.63, 3.8) is 0 Å². The van der Waals surface area contributed by atoms with E-state index < -0.39 is 0 Å². The van der Waals surface area contributed by atoms with E-state index in [2.05, 4.69) is 136 Å². The maximum absolute atomic E-state index is 6.01. The van der Waals surface area contributed by atoms with Crippen LogP contribution in [0.4, 0.5) is 0 Å². The van der Waals surface area contributed by atoms with Crippen molar-refractivity contribution < 1.29 is 4.42 Å². The van der Waals surface area contributed by atoms with Gasteiger partial charge in [-0.25, -0.2) is 0 Å². The van der Waals surface area contributed by atoms with Gasteiger partial charge in [-0.1, -0.05) is 87.2 Å². The van der Waals surface area contributed by atoms with E-state index in [9.17, 15) is 0 Å². The van der Waals surface area contributed by atoms with Crippen molar-refractivity contribution in [2.75, 3.05) is 0 Å². The summed E-state index contributed by atoms with van der Waals surface area (Å²) in [5.41, 5.74) is 8.80. The fourth-order valence-electron chi connectivity index (χ4n) is 7.25. The van der Waals surface area contributed by atoms with Crippen LogP contribution in [0.1, 0.15) is 25.2 Å². The molecule has 0 unspecified atom stereocenters. The van der Waals surface area contributed by atoms with Gasteiger partial charge in [0, 0.05) is 65.4 Å². The monoisotopic (exact) mass is 625 g/mol. The molecule has 0 aliphatic heterocycles. The lowest BCUT2D eigenvalue weighted by molar-refractivity contribution is 0.604. The Morgan fingerprint density at radius 1 is 0.660 bits per heavy atom. The third-order valence-corrected chi connectivity index (χ3v) is 10.4. The molecule has 0 radical (unpaired) electrons. The zero-order chi connectivity index (χ0) is 31.6. The van der Waals surface area contributed by atoms with E-state index in [0.29, 0.717) is 0 Å². The van der Waals surface area contributed by atoms with E-state index >= 15 is 0 Å². The molecule has 0 aliphatic carbocycles. The Kier molecular flexibility index (Phi) is 6.24. The van der Waals surface area contributed by atoms with Crippen LogP contribution in [-0.4, -0.2) is 14.1 Å². The minimum atomic E-state index is 0.763. The van der Waals surface area contributed by atoms with Gasteiger partial charge in [0.2, 0.25) is 0 Å². The lowest BCUT2D eigenvalue weighted by Gasteiger charge is -2.07. The highest BCUT2D eigenvalue weighted by molar-refractivity contribution is 7.27. The van der Waals surface area contributed by atoms with Crippen molar-refractivity contribution in [3.8, 4) is 5.69 Å². The van der Waals surface area contributed by atoms with Crippen molar-refractivity contribution in [3.05, 3.63) is 133 Å². The van der Waals surface area contributed by atoms with E-state index in [1.54, 1.807) is 6.08 Å². The molecule has 0 amide bonds. The summed E-state index contributed by atoms with van der Waals surface area (Å²) >= 11 is 1.91. The summed E-state index contributed by atoms with van der Waals surface area (Å²) in [6, 6.07) is 39.3. The number of thiophene rings is 1. The van der Waals surface area contributed by atoms with Gasteiger partial charge in [-0.3, -0.25) is 0 Å². The number of benzene rings is 5. The normalized spacial score (nSPS) is 12.0. The summed E-state index contributed by atoms with van der Waals surface area (Å²) in [7, 11) is 0. The first kappa shape index (κ1) is 27.5. The van der Waals surface area contributed by atoms with Gasteiger partial charge in [-0.15, -0.1) is 11.3 Å². The van der Waals surface area contributed by atoms with Crippen LogP contribution in [0.25, 0.3) is 98.9 Å². The zero-order valence-electron chi connectivity index (χ0n) is 26.1. The smallest absolute Gasteiger partial charge is 0.153 e. The van der Waals surface area contributed by atoms with Crippen LogP contribution in [0.3, 0.4) is 0 Å². The number of rotatable bonds is 4. The van der Waals surface area contributed by atoms with Crippen LogP contribution >= 0.6 is 11.3 Å². The van der Waals surface area contributed by atoms with Crippen LogP contribution < -0.4 is 0 Å². The van der Waals surface area contributed by atoms with Crippen LogP contribution in [0.15, 0.2) is 126 Å². The minimum Gasteiger partial charge on any atom is -0.454 e. The van der Waals surface area contributed by atoms with E-state index in [0.717, 1.165) is 22.4 Å². The summed E-state index contributed by atoms with van der Waals surface area (Å²) in [4.78, 5) is 3.32. The molecule has 0 bridgehead atoms. The number of fused-ring (bicyclic) bond motifs is 12. The molecule has 0 saturated heterocycles. The van der Waals surface area contributed by atoms with E-state index in [1.807, 2.05) is 37.4 Å². The highest BCUT2D eigenvalue weighted by Crippen LogP contribution is 2.47. The summed E-state index contributed by atoms with van der Waals surface area (Å²) in [5, 5.41) is 7.73. The standard InChI is InChI=1S/C40H25N3OS.C2H6/c1-2-34-29(38-35(44-34)20-22-41-38)21-23-42-30-14-8-6-12-27(30)36-32(42)18-16-25-26-17-19-33-37(40(26)45-39(25)36)28-13-7-9-15-31(28)43(33)24-10-4-3-5-11-24;1-2/h2-23,41H,1H2;1-2H3/b23-21+;. The number of nitrogens with one attached hydrogen (secondary N) is 1. The van der Waals surface area contributed by atoms with Gasteiger partial charge in [0.05, 0.1) is 27.6 Å². The summed E-state index contributed by atoms with van der Waals surface area (Å²) in [6.07, 6.45) is 7.97. The average molecular weight is 626 g/mol. The summed E-state index contributed by atoms with van der Waals surface area (Å²) < 4.78 is 13.4. The average Bonchev–Trinajstić information content (AvgIpc) is 3.93. The number of hydrogen-bond donors (Lipinski definition) is 1. The second kappa shape index (κ2) is 10.6. The molecule has 10 aromatic rings. The lowest BCUT2D eigenvalue weighted by Crippen LogP contribution is -1.92. The van der Waals surface area contributed by atoms with E-state index in [-0.39, 0.29) is 0 Å². The number of hydrogen-bond acceptors (Lipinski definition) is 2. The number of aromatic amines is 1. The second-order valence-corrected chi connectivity index (χ2v) is 12.5. The van der Waals surface area contributed by atoms with Crippen molar-refractivity contribution >= 4 is 105 Å². The number of H-pyrrole nitrogens is 1. The Bertz CT molecular complexity index is 2830. The van der Waals surface area contributed by atoms with Crippen molar-refractivity contribution in [1.29, 1.82) is 0 Å². The SMILES string of the molecule is C=Cc1oc2cc[nH]c2c1/C=C/n1c2ccccc2c2c3sc4c(ccc5c4c4ccccc4n5-c4ccccc4)c3ccc21.CC. The van der Waals surface area contributed by atoms with Crippen LogP contribution in [-0.2, 0) is 0 Å². The Morgan fingerprint density at radius 2 is 1.30 bits per heavy atom. The second-order valence-electron chi connectivity index (χ2n) is 11.5. The van der Waals surface area contributed by atoms with Crippen molar-refractivity contribution in [2.45, 2.75) is 13.8 Å². The van der Waals surface area contributed by atoms with Gasteiger partial charge in [-0.2, -0.15) is 0 Å². The molecule has 0 atom stereocenters. The molecular formula is C42H31N3OS. The minimum absolute atomic E-state index is 0.763. The number of aromatic nitrogens is 3. The van der Waals surface area contributed by atoms with Crippen LogP contribution in [0.2, 0.25) is 0 Å². The molecule has 5 heterocycles. The maximum Gasteiger partial charge on any atom is 0.153 e. The molecule has 0 saturated carbocycles. The van der Waals surface area contributed by atoms with E-state index in [1.165, 1.54) is 69.5 Å². The largest absolute Gasteiger partial charge is 0.454 e. The van der Waals surface area contributed by atoms with Crippen LogP contribution in [0.5, 0.6) is 0 Å². The summed E-state index contributed by atoms with van der Waals surface area (Å²) in [5.74, 6) is 0.763. The quantitative estimate of drug-likeness (QED) is 0.208. The highest BCUT2D eigenvalue weighted by Gasteiger charge is 2.20. The zero-order valence-corrected chi connectivity index (χ0v) is 26.9. The first-order valence-electron chi connectivity index (χ1n) is 16.1. The van der Waals surface area contributed by atoms with Crippen LogP contribution in [0, 0.1) is 0 Å². The molecule has 226 valence electrons. The topological polar surface area (TPSA) is 38.8 Å². The molecule has 5 heteroatoms. The van der Waals surface area contributed by atoms with Crippen molar-refractivity contribution in [2.24, 2.45) is 0 Å². The number of furan rings is 1. The molecule has 4 nitrogen and oxygen atoms in total. The molecule has 5 aromatic heterocycles. The molecule has 1 N–H and O–H groups in total. The van der Waals surface area contributed by atoms with Gasteiger partial charge >= 0.3 is 0 Å². The third kappa shape index (κ3) is 3.87. The van der Waals surface area contributed by atoms with Gasteiger partial charge in [-0.05, 0) is 54.6 Å². The maximum atomic E-state index is 6.01. The van der Waals surface area contributed by atoms with Gasteiger partial charge in [0.25, 0.3) is 0 Å². The lowest BCUT2D eigenvalue weighted by atomic mass is 10.1. The van der Waals surface area contributed by atoms with Gasteiger partial charge in [0.15, 0.2) is 5.58 Å². The molecule has 5 aromatic carbocycles. The molecular weight excluding hydrogens is 595 g/mol. The molecule has 0 aliphatic rings. The molecule has 10 rings (SSSR count). The number of para-hydroxylation sites is 3. The molecule has 47 heavy (non-hydrogen) atoms. The van der Waals surface area contributed by atoms with Gasteiger partial charge in [0.1, 0.15) is 5.76 Å².